The van der Waals surface area contributed by atoms with E-state index in [1.165, 1.54) is 0 Å². The van der Waals surface area contributed by atoms with Crippen LogP contribution in [0.15, 0.2) is 48.5 Å². The van der Waals surface area contributed by atoms with Crippen LogP contribution in [0.4, 0.5) is 5.69 Å². The van der Waals surface area contributed by atoms with Gasteiger partial charge in [-0.2, -0.15) is 0 Å². The van der Waals surface area contributed by atoms with Gasteiger partial charge < -0.3 is 14.8 Å². The molecule has 0 saturated heterocycles. The fourth-order valence-electron chi connectivity index (χ4n) is 2.64. The first kappa shape index (κ1) is 19.6. The van der Waals surface area contributed by atoms with Crippen molar-refractivity contribution in [3.8, 4) is 22.9 Å². The fourth-order valence-corrected chi connectivity index (χ4v) is 2.75. The van der Waals surface area contributed by atoms with Crippen LogP contribution < -0.4 is 14.8 Å². The standard InChI is InChI=1S/C21H20ClN3O3/c1-13-10-17(11-14(2)21(13)22)28-12-19(26)23-16-6-4-15(5-7-16)18-8-9-20(27-3)25-24-18/h4-11H,12H2,1-3H3,(H,23,26). The monoisotopic (exact) mass is 397 g/mol. The highest BCUT2D eigenvalue weighted by Crippen LogP contribution is 2.26. The lowest BCUT2D eigenvalue weighted by atomic mass is 10.1. The molecule has 2 aromatic carbocycles. The van der Waals surface area contributed by atoms with Gasteiger partial charge in [0.25, 0.3) is 5.91 Å². The van der Waals surface area contributed by atoms with Crippen molar-refractivity contribution in [1.29, 1.82) is 0 Å². The molecule has 1 N–H and O–H groups in total. The summed E-state index contributed by atoms with van der Waals surface area (Å²) in [5.74, 6) is 0.823. The molecular formula is C21H20ClN3O3. The van der Waals surface area contributed by atoms with Crippen LogP contribution in [-0.2, 0) is 4.79 Å². The molecule has 0 bridgehead atoms. The summed E-state index contributed by atoms with van der Waals surface area (Å²) in [7, 11) is 1.54. The minimum absolute atomic E-state index is 0.0911. The third kappa shape index (κ3) is 4.78. The van der Waals surface area contributed by atoms with Gasteiger partial charge in [0.2, 0.25) is 5.88 Å². The number of rotatable bonds is 6. The summed E-state index contributed by atoms with van der Waals surface area (Å²) in [5.41, 5.74) is 4.10. The summed E-state index contributed by atoms with van der Waals surface area (Å²) in [6.07, 6.45) is 0. The lowest BCUT2D eigenvalue weighted by molar-refractivity contribution is -0.118. The van der Waals surface area contributed by atoms with Gasteiger partial charge in [0.1, 0.15) is 5.75 Å². The number of aryl methyl sites for hydroxylation is 2. The van der Waals surface area contributed by atoms with Crippen molar-refractivity contribution in [3.05, 3.63) is 64.7 Å². The van der Waals surface area contributed by atoms with Crippen LogP contribution in [0.25, 0.3) is 11.3 Å². The predicted molar refractivity (Wildman–Crippen MR) is 109 cm³/mol. The molecule has 7 heteroatoms. The molecule has 3 aromatic rings. The lowest BCUT2D eigenvalue weighted by Crippen LogP contribution is -2.20. The summed E-state index contributed by atoms with van der Waals surface area (Å²) >= 11 is 6.14. The van der Waals surface area contributed by atoms with Gasteiger partial charge in [-0.05, 0) is 55.3 Å². The zero-order valence-electron chi connectivity index (χ0n) is 15.8. The van der Waals surface area contributed by atoms with E-state index in [4.69, 9.17) is 21.1 Å². The van der Waals surface area contributed by atoms with E-state index < -0.39 is 0 Å². The maximum atomic E-state index is 12.1. The maximum absolute atomic E-state index is 12.1. The van der Waals surface area contributed by atoms with Gasteiger partial charge >= 0.3 is 0 Å². The van der Waals surface area contributed by atoms with E-state index in [-0.39, 0.29) is 12.5 Å². The van der Waals surface area contributed by atoms with E-state index in [1.54, 1.807) is 25.3 Å². The Kier molecular flexibility index (Phi) is 6.11. The number of benzene rings is 2. The number of aromatic nitrogens is 2. The molecule has 0 atom stereocenters. The summed E-state index contributed by atoms with van der Waals surface area (Å²) in [5, 5.41) is 11.6. The van der Waals surface area contributed by atoms with E-state index >= 15 is 0 Å². The number of carbonyl (C=O) groups excluding carboxylic acids is 1. The first-order valence-electron chi connectivity index (χ1n) is 8.64. The van der Waals surface area contributed by atoms with Crippen molar-refractivity contribution >= 4 is 23.2 Å². The molecule has 0 spiro atoms. The third-order valence-electron chi connectivity index (χ3n) is 4.09. The van der Waals surface area contributed by atoms with Crippen LogP contribution in [0.1, 0.15) is 11.1 Å². The summed E-state index contributed by atoms with van der Waals surface area (Å²) in [4.78, 5) is 12.1. The molecular weight excluding hydrogens is 378 g/mol. The van der Waals surface area contributed by atoms with Crippen molar-refractivity contribution in [2.24, 2.45) is 0 Å². The molecule has 28 heavy (non-hydrogen) atoms. The normalized spacial score (nSPS) is 10.4. The summed E-state index contributed by atoms with van der Waals surface area (Å²) in [6, 6.07) is 14.5. The van der Waals surface area contributed by atoms with Crippen molar-refractivity contribution < 1.29 is 14.3 Å². The van der Waals surface area contributed by atoms with Crippen LogP contribution >= 0.6 is 11.6 Å². The minimum Gasteiger partial charge on any atom is -0.484 e. The number of anilines is 1. The highest BCUT2D eigenvalue weighted by atomic mass is 35.5. The van der Waals surface area contributed by atoms with Gasteiger partial charge in [-0.3, -0.25) is 4.79 Å². The molecule has 1 heterocycles. The molecule has 0 aliphatic heterocycles. The number of nitrogens with one attached hydrogen (secondary N) is 1. The van der Waals surface area contributed by atoms with Crippen LogP contribution in [-0.4, -0.2) is 29.8 Å². The molecule has 0 fully saturated rings. The van der Waals surface area contributed by atoms with Gasteiger partial charge in [-0.15, -0.1) is 10.2 Å². The number of amides is 1. The van der Waals surface area contributed by atoms with Gasteiger partial charge in [0, 0.05) is 22.3 Å². The van der Waals surface area contributed by atoms with Crippen LogP contribution in [0.2, 0.25) is 5.02 Å². The van der Waals surface area contributed by atoms with E-state index in [1.807, 2.05) is 44.2 Å². The Balaban J connectivity index is 1.58. The third-order valence-corrected chi connectivity index (χ3v) is 4.69. The van der Waals surface area contributed by atoms with Crippen molar-refractivity contribution in [1.82, 2.24) is 10.2 Å². The van der Waals surface area contributed by atoms with Gasteiger partial charge in [-0.25, -0.2) is 0 Å². The highest BCUT2D eigenvalue weighted by molar-refractivity contribution is 6.32. The molecule has 3 rings (SSSR count). The Labute approximate surface area is 168 Å². The van der Waals surface area contributed by atoms with Gasteiger partial charge in [0.05, 0.1) is 12.8 Å². The molecule has 144 valence electrons. The maximum Gasteiger partial charge on any atom is 0.262 e. The number of carbonyl (C=O) groups is 1. The van der Waals surface area contributed by atoms with E-state index in [9.17, 15) is 4.79 Å². The average Bonchev–Trinajstić information content (AvgIpc) is 2.71. The first-order chi connectivity index (χ1) is 13.5. The Bertz CT molecular complexity index is 950. The largest absolute Gasteiger partial charge is 0.484 e. The highest BCUT2D eigenvalue weighted by Gasteiger charge is 2.08. The van der Waals surface area contributed by atoms with Crippen LogP contribution in [0.5, 0.6) is 11.6 Å². The predicted octanol–water partition coefficient (Wildman–Crippen LogP) is 4.44. The fraction of sp³-hybridized carbons (Fsp3) is 0.190. The lowest BCUT2D eigenvalue weighted by Gasteiger charge is -2.10. The zero-order chi connectivity index (χ0) is 20.1. The quantitative estimate of drug-likeness (QED) is 0.665. The smallest absolute Gasteiger partial charge is 0.262 e. The SMILES string of the molecule is COc1ccc(-c2ccc(NC(=O)COc3cc(C)c(Cl)c(C)c3)cc2)nn1. The van der Waals surface area contributed by atoms with Crippen molar-refractivity contribution in [3.63, 3.8) is 0 Å². The van der Waals surface area contributed by atoms with Crippen LogP contribution in [0, 0.1) is 13.8 Å². The minimum atomic E-state index is -0.248. The Morgan fingerprint density at radius 1 is 1.04 bits per heavy atom. The molecule has 0 saturated carbocycles. The number of hydrogen-bond donors (Lipinski definition) is 1. The number of nitrogens with zero attached hydrogens (tertiary/aromatic N) is 2. The Morgan fingerprint density at radius 2 is 1.71 bits per heavy atom. The van der Waals surface area contributed by atoms with Gasteiger partial charge in [0.15, 0.2) is 6.61 Å². The van der Waals surface area contributed by atoms with Crippen molar-refractivity contribution in [2.45, 2.75) is 13.8 Å². The first-order valence-corrected chi connectivity index (χ1v) is 9.01. The molecule has 6 nitrogen and oxygen atoms in total. The second kappa shape index (κ2) is 8.71. The molecule has 0 unspecified atom stereocenters. The number of methoxy groups -OCH3 is 1. The number of halogens is 1. The Morgan fingerprint density at radius 3 is 2.29 bits per heavy atom. The second-order valence-corrected chi connectivity index (χ2v) is 6.62. The number of hydrogen-bond acceptors (Lipinski definition) is 5. The second-order valence-electron chi connectivity index (χ2n) is 6.25. The number of ether oxygens (including phenoxy) is 2. The van der Waals surface area contributed by atoms with Gasteiger partial charge in [-0.1, -0.05) is 23.7 Å². The van der Waals surface area contributed by atoms with Crippen molar-refractivity contribution in [2.75, 3.05) is 19.0 Å². The topological polar surface area (TPSA) is 73.3 Å². The van der Waals surface area contributed by atoms with E-state index in [2.05, 4.69) is 15.5 Å². The molecule has 0 radical (unpaired) electrons. The van der Waals surface area contributed by atoms with E-state index in [0.717, 1.165) is 22.4 Å². The average molecular weight is 398 g/mol. The summed E-state index contributed by atoms with van der Waals surface area (Å²) < 4.78 is 10.6. The molecule has 0 aliphatic carbocycles. The van der Waals surface area contributed by atoms with E-state index in [0.29, 0.717) is 22.3 Å². The molecule has 0 aliphatic rings. The molecule has 1 aromatic heterocycles. The molecule has 1 amide bonds. The zero-order valence-corrected chi connectivity index (χ0v) is 16.6. The summed E-state index contributed by atoms with van der Waals surface area (Å²) in [6.45, 7) is 3.71. The van der Waals surface area contributed by atoms with Crippen LogP contribution in [0.3, 0.4) is 0 Å². The Hall–Kier alpha value is -3.12.